The van der Waals surface area contributed by atoms with E-state index in [-0.39, 0.29) is 18.0 Å². The quantitative estimate of drug-likeness (QED) is 0.877. The molecule has 94 valence electrons. The zero-order chi connectivity index (χ0) is 12.3. The van der Waals surface area contributed by atoms with Gasteiger partial charge in [0.15, 0.2) is 0 Å². The fourth-order valence-corrected chi connectivity index (χ4v) is 2.04. The van der Waals surface area contributed by atoms with Gasteiger partial charge in [-0.15, -0.1) is 0 Å². The molecule has 1 aromatic carbocycles. The predicted octanol–water partition coefficient (Wildman–Crippen LogP) is 2.40. The Morgan fingerprint density at radius 2 is 2.41 bits per heavy atom. The third kappa shape index (κ3) is 2.96. The summed E-state index contributed by atoms with van der Waals surface area (Å²) in [5, 5.41) is 0. The summed E-state index contributed by atoms with van der Waals surface area (Å²) < 4.78 is 24.7. The molecule has 17 heavy (non-hydrogen) atoms. The second-order valence-corrected chi connectivity index (χ2v) is 4.39. The van der Waals surface area contributed by atoms with Crippen molar-refractivity contribution in [2.45, 2.75) is 31.9 Å². The first-order chi connectivity index (χ1) is 8.18. The molecule has 2 unspecified atom stereocenters. The van der Waals surface area contributed by atoms with Gasteiger partial charge in [0.2, 0.25) is 0 Å². The molecule has 1 heterocycles. The van der Waals surface area contributed by atoms with Crippen LogP contribution in [-0.2, 0) is 4.74 Å². The van der Waals surface area contributed by atoms with E-state index in [9.17, 15) is 4.39 Å². The third-order valence-electron chi connectivity index (χ3n) is 2.92. The van der Waals surface area contributed by atoms with Gasteiger partial charge < -0.3 is 15.2 Å². The second-order valence-electron chi connectivity index (χ2n) is 4.39. The van der Waals surface area contributed by atoms with Crippen LogP contribution in [0.2, 0.25) is 0 Å². The highest BCUT2D eigenvalue weighted by molar-refractivity contribution is 5.36. The van der Waals surface area contributed by atoms with Crippen molar-refractivity contribution in [3.63, 3.8) is 0 Å². The minimum absolute atomic E-state index is 0.124. The number of hydrogen-bond acceptors (Lipinski definition) is 3. The van der Waals surface area contributed by atoms with E-state index in [1.165, 1.54) is 6.07 Å². The van der Waals surface area contributed by atoms with E-state index < -0.39 is 0 Å². The van der Waals surface area contributed by atoms with Gasteiger partial charge in [-0.1, -0.05) is 6.07 Å². The Balaban J connectivity index is 2.06. The Morgan fingerprint density at radius 1 is 1.59 bits per heavy atom. The van der Waals surface area contributed by atoms with Crippen LogP contribution >= 0.6 is 0 Å². The van der Waals surface area contributed by atoms with Gasteiger partial charge in [0.1, 0.15) is 18.2 Å². The average Bonchev–Trinajstić information content (AvgIpc) is 2.78. The van der Waals surface area contributed by atoms with E-state index >= 15 is 0 Å². The lowest BCUT2D eigenvalue weighted by Crippen LogP contribution is -2.18. The Hall–Kier alpha value is -1.13. The summed E-state index contributed by atoms with van der Waals surface area (Å²) in [4.78, 5) is 0. The molecule has 1 aromatic rings. The van der Waals surface area contributed by atoms with Crippen LogP contribution in [0.3, 0.4) is 0 Å². The van der Waals surface area contributed by atoms with Crippen molar-refractivity contribution >= 4 is 0 Å². The topological polar surface area (TPSA) is 44.5 Å². The highest BCUT2D eigenvalue weighted by Gasteiger charge is 2.18. The molecule has 0 saturated carbocycles. The maximum absolute atomic E-state index is 13.6. The molecule has 1 aliphatic heterocycles. The molecule has 1 saturated heterocycles. The Labute approximate surface area is 101 Å². The molecule has 2 atom stereocenters. The molecule has 0 bridgehead atoms. The van der Waals surface area contributed by atoms with E-state index in [2.05, 4.69) is 0 Å². The summed E-state index contributed by atoms with van der Waals surface area (Å²) in [7, 11) is 0. The molecule has 0 amide bonds. The molecular formula is C13H18FNO2. The van der Waals surface area contributed by atoms with Crippen LogP contribution in [0, 0.1) is 5.82 Å². The molecule has 4 heteroatoms. The molecule has 0 aromatic heterocycles. The van der Waals surface area contributed by atoms with E-state index in [1.807, 2.05) is 0 Å². The fraction of sp³-hybridized carbons (Fsp3) is 0.538. The first-order valence-electron chi connectivity index (χ1n) is 5.97. The van der Waals surface area contributed by atoms with Gasteiger partial charge in [0.05, 0.1) is 6.10 Å². The predicted molar refractivity (Wildman–Crippen MR) is 63.5 cm³/mol. The number of nitrogens with two attached hydrogens (primary N) is 1. The monoisotopic (exact) mass is 239 g/mol. The van der Waals surface area contributed by atoms with Crippen LogP contribution in [0.4, 0.5) is 4.39 Å². The number of hydrogen-bond donors (Lipinski definition) is 1. The standard InChI is InChI=1S/C13H18FNO2/c1-9(15)13-11(14)5-2-6-12(13)17-8-10-4-3-7-16-10/h2,5-6,9-10H,3-4,7-8,15H2,1H3. The first-order valence-corrected chi connectivity index (χ1v) is 5.97. The van der Waals surface area contributed by atoms with Gasteiger partial charge in [0.25, 0.3) is 0 Å². The number of rotatable bonds is 4. The molecule has 0 radical (unpaired) electrons. The Kier molecular flexibility index (Phi) is 3.97. The van der Waals surface area contributed by atoms with Gasteiger partial charge in [-0.2, -0.15) is 0 Å². The van der Waals surface area contributed by atoms with Crippen molar-refractivity contribution in [1.82, 2.24) is 0 Å². The maximum Gasteiger partial charge on any atom is 0.131 e. The van der Waals surface area contributed by atoms with Crippen LogP contribution in [0.5, 0.6) is 5.75 Å². The fourth-order valence-electron chi connectivity index (χ4n) is 2.04. The van der Waals surface area contributed by atoms with Crippen LogP contribution in [0.1, 0.15) is 31.4 Å². The highest BCUT2D eigenvalue weighted by atomic mass is 19.1. The van der Waals surface area contributed by atoms with Gasteiger partial charge in [-0.25, -0.2) is 4.39 Å². The molecule has 0 aliphatic carbocycles. The van der Waals surface area contributed by atoms with Crippen molar-refractivity contribution in [3.8, 4) is 5.75 Å². The average molecular weight is 239 g/mol. The highest BCUT2D eigenvalue weighted by Crippen LogP contribution is 2.27. The van der Waals surface area contributed by atoms with Gasteiger partial charge in [-0.3, -0.25) is 0 Å². The summed E-state index contributed by atoms with van der Waals surface area (Å²) in [5.74, 6) is 0.209. The summed E-state index contributed by atoms with van der Waals surface area (Å²) >= 11 is 0. The van der Waals surface area contributed by atoms with Gasteiger partial charge >= 0.3 is 0 Å². The minimum Gasteiger partial charge on any atom is -0.490 e. The second kappa shape index (κ2) is 5.47. The van der Waals surface area contributed by atoms with Crippen molar-refractivity contribution in [1.29, 1.82) is 0 Å². The first kappa shape index (κ1) is 12.3. The van der Waals surface area contributed by atoms with Gasteiger partial charge in [-0.05, 0) is 31.9 Å². The lowest BCUT2D eigenvalue weighted by molar-refractivity contribution is 0.0673. The maximum atomic E-state index is 13.6. The van der Waals surface area contributed by atoms with Crippen molar-refractivity contribution in [2.24, 2.45) is 5.73 Å². The lowest BCUT2D eigenvalue weighted by atomic mass is 10.1. The molecule has 1 aliphatic rings. The largest absolute Gasteiger partial charge is 0.490 e. The molecule has 0 spiro atoms. The summed E-state index contributed by atoms with van der Waals surface area (Å²) in [6.07, 6.45) is 2.19. The minimum atomic E-state index is -0.379. The zero-order valence-electron chi connectivity index (χ0n) is 9.99. The summed E-state index contributed by atoms with van der Waals surface area (Å²) in [6.45, 7) is 3.00. The van der Waals surface area contributed by atoms with Crippen molar-refractivity contribution < 1.29 is 13.9 Å². The van der Waals surface area contributed by atoms with Crippen LogP contribution in [0.15, 0.2) is 18.2 Å². The third-order valence-corrected chi connectivity index (χ3v) is 2.92. The molecular weight excluding hydrogens is 221 g/mol. The molecule has 3 nitrogen and oxygen atoms in total. The van der Waals surface area contributed by atoms with Gasteiger partial charge in [0, 0.05) is 18.2 Å². The van der Waals surface area contributed by atoms with E-state index in [1.54, 1.807) is 19.1 Å². The molecule has 1 fully saturated rings. The lowest BCUT2D eigenvalue weighted by Gasteiger charge is -2.16. The van der Waals surface area contributed by atoms with Crippen LogP contribution in [0.25, 0.3) is 0 Å². The number of halogens is 1. The van der Waals surface area contributed by atoms with Crippen molar-refractivity contribution in [2.75, 3.05) is 13.2 Å². The SMILES string of the molecule is CC(N)c1c(F)cccc1OCC1CCCO1. The van der Waals surface area contributed by atoms with Crippen LogP contribution in [-0.4, -0.2) is 19.3 Å². The summed E-state index contributed by atoms with van der Waals surface area (Å²) in [5.41, 5.74) is 6.18. The smallest absolute Gasteiger partial charge is 0.131 e. The molecule has 2 N–H and O–H groups in total. The Morgan fingerprint density at radius 3 is 3.06 bits per heavy atom. The number of benzene rings is 1. The Bertz CT molecular complexity index is 376. The van der Waals surface area contributed by atoms with Crippen LogP contribution < -0.4 is 10.5 Å². The van der Waals surface area contributed by atoms with E-state index in [0.717, 1.165) is 19.4 Å². The number of ether oxygens (including phenoxy) is 2. The zero-order valence-corrected chi connectivity index (χ0v) is 9.99. The van der Waals surface area contributed by atoms with Crippen molar-refractivity contribution in [3.05, 3.63) is 29.6 Å². The van der Waals surface area contributed by atoms with E-state index in [0.29, 0.717) is 17.9 Å². The summed E-state index contributed by atoms with van der Waals surface area (Å²) in [6, 6.07) is 4.40. The van der Waals surface area contributed by atoms with E-state index in [4.69, 9.17) is 15.2 Å². The molecule has 2 rings (SSSR count). The normalized spacial score (nSPS) is 21.5.